The summed E-state index contributed by atoms with van der Waals surface area (Å²) in [7, 11) is 0. The summed E-state index contributed by atoms with van der Waals surface area (Å²) in [6.45, 7) is 0. The Morgan fingerprint density at radius 1 is 0.185 bits per heavy atom. The van der Waals surface area contributed by atoms with E-state index in [1.54, 1.807) is 0 Å². The van der Waals surface area contributed by atoms with Gasteiger partial charge in [-0.3, -0.25) is 0 Å². The quantitative estimate of drug-likeness (QED) is 0.128. The highest BCUT2D eigenvalue weighted by Gasteiger charge is 2.20. The molecule has 0 aliphatic carbocycles. The zero-order valence-corrected chi connectivity index (χ0v) is 29.6. The van der Waals surface area contributed by atoms with E-state index in [2.05, 4.69) is 206 Å². The minimum atomic E-state index is 1.22. The fraction of sp³-hybridized carbons (Fsp3) is 0. The van der Waals surface area contributed by atoms with Crippen LogP contribution in [0.15, 0.2) is 206 Å². The van der Waals surface area contributed by atoms with Crippen molar-refractivity contribution < 1.29 is 0 Å². The molecule has 0 amide bonds. The Morgan fingerprint density at radius 3 is 1.24 bits per heavy atom. The van der Waals surface area contributed by atoms with Gasteiger partial charge in [0.1, 0.15) is 0 Å². The number of fused-ring (bicyclic) bond motifs is 7. The summed E-state index contributed by atoms with van der Waals surface area (Å²) in [5.74, 6) is 0. The van der Waals surface area contributed by atoms with Gasteiger partial charge in [-0.05, 0) is 146 Å². The van der Waals surface area contributed by atoms with Crippen LogP contribution in [-0.2, 0) is 0 Å². The summed E-state index contributed by atoms with van der Waals surface area (Å²) < 4.78 is 0. The topological polar surface area (TPSA) is 0 Å². The molecule has 0 saturated carbocycles. The van der Waals surface area contributed by atoms with Crippen molar-refractivity contribution >= 4 is 64.6 Å². The van der Waals surface area contributed by atoms with Crippen LogP contribution in [0.2, 0.25) is 0 Å². The first kappa shape index (κ1) is 30.6. The highest BCUT2D eigenvalue weighted by Crippen LogP contribution is 2.48. The van der Waals surface area contributed by atoms with E-state index < -0.39 is 0 Å². The van der Waals surface area contributed by atoms with E-state index in [1.807, 2.05) is 0 Å². The van der Waals surface area contributed by atoms with E-state index in [0.717, 1.165) is 0 Å². The molecule has 11 aromatic rings. The molecule has 0 aliphatic rings. The maximum atomic E-state index is 2.50. The summed E-state index contributed by atoms with van der Waals surface area (Å²) in [4.78, 5) is 0. The fourth-order valence-electron chi connectivity index (χ4n) is 8.81. The van der Waals surface area contributed by atoms with Crippen LogP contribution in [0.1, 0.15) is 0 Å². The van der Waals surface area contributed by atoms with Crippen LogP contribution in [0.3, 0.4) is 0 Å². The lowest BCUT2D eigenvalue weighted by atomic mass is 9.82. The lowest BCUT2D eigenvalue weighted by molar-refractivity contribution is 1.64. The fourth-order valence-corrected chi connectivity index (χ4v) is 8.81. The van der Waals surface area contributed by atoms with Crippen molar-refractivity contribution in [3.05, 3.63) is 206 Å². The average molecular weight is 683 g/mol. The summed E-state index contributed by atoms with van der Waals surface area (Å²) in [5, 5.41) is 15.1. The van der Waals surface area contributed by atoms with Gasteiger partial charge in [-0.1, -0.05) is 170 Å². The third-order valence-corrected chi connectivity index (χ3v) is 11.4. The van der Waals surface area contributed by atoms with Gasteiger partial charge in [0, 0.05) is 0 Å². The van der Waals surface area contributed by atoms with Gasteiger partial charge in [0.05, 0.1) is 0 Å². The zero-order valence-electron chi connectivity index (χ0n) is 29.6. The Labute approximate surface area is 314 Å². The normalized spacial score (nSPS) is 11.7. The third-order valence-electron chi connectivity index (χ3n) is 11.4. The van der Waals surface area contributed by atoms with Crippen LogP contribution in [0.4, 0.5) is 0 Å². The lowest BCUT2D eigenvalue weighted by Crippen LogP contribution is -1.93. The zero-order chi connectivity index (χ0) is 35.6. The van der Waals surface area contributed by atoms with Crippen molar-refractivity contribution in [1.29, 1.82) is 0 Å². The number of hydrogen-bond acceptors (Lipinski definition) is 0. The van der Waals surface area contributed by atoms with Crippen LogP contribution in [0.25, 0.3) is 109 Å². The Kier molecular flexibility index (Phi) is 6.97. The molecular weight excluding hydrogens is 649 g/mol. The molecule has 0 saturated heterocycles. The van der Waals surface area contributed by atoms with Crippen LogP contribution >= 0.6 is 0 Å². The molecule has 0 N–H and O–H groups in total. The van der Waals surface area contributed by atoms with Gasteiger partial charge in [-0.2, -0.15) is 0 Å². The van der Waals surface area contributed by atoms with Crippen molar-refractivity contribution in [2.75, 3.05) is 0 Å². The summed E-state index contributed by atoms with van der Waals surface area (Å²) in [5.41, 5.74) is 9.93. The summed E-state index contributed by atoms with van der Waals surface area (Å²) in [6, 6.07) is 76.3. The number of rotatable bonds is 4. The molecule has 0 radical (unpaired) electrons. The second kappa shape index (κ2) is 12.3. The Balaban J connectivity index is 1.32. The van der Waals surface area contributed by atoms with Crippen LogP contribution in [0.5, 0.6) is 0 Å². The molecule has 0 aromatic heterocycles. The molecule has 0 fully saturated rings. The van der Waals surface area contributed by atoms with E-state index in [9.17, 15) is 0 Å². The Bertz CT molecular complexity index is 3240. The van der Waals surface area contributed by atoms with Crippen LogP contribution in [-0.4, -0.2) is 0 Å². The van der Waals surface area contributed by atoms with Gasteiger partial charge in [-0.15, -0.1) is 0 Å². The van der Waals surface area contributed by atoms with Crippen molar-refractivity contribution in [3.8, 4) is 44.5 Å². The van der Waals surface area contributed by atoms with Gasteiger partial charge >= 0.3 is 0 Å². The second-order valence-corrected chi connectivity index (χ2v) is 14.5. The maximum Gasteiger partial charge on any atom is -0.00259 e. The molecule has 0 spiro atoms. The molecule has 54 heavy (non-hydrogen) atoms. The standard InChI is InChI=1S/C54H34/c1-3-13-35(14-4-1)41-27-28-45-44(31-41)32-48(38-17-5-2-6-18-38)50-34-52-51(33-49(45)50)53(42-25-23-36-15-7-9-19-39(36)29-42)46-21-11-12-22-47(46)54(52)43-26-24-37-16-8-10-20-40(37)30-43/h1-34H. The van der Waals surface area contributed by atoms with Gasteiger partial charge in [0.25, 0.3) is 0 Å². The first-order valence-electron chi connectivity index (χ1n) is 18.7. The Hall–Kier alpha value is -7.02. The SMILES string of the molecule is c1ccc(-c2ccc3c(c2)cc(-c2ccccc2)c2cc4c(-c5ccc6ccccc6c5)c5ccccc5c(-c5ccc6ccccc6c5)c4cc23)cc1. The predicted octanol–water partition coefficient (Wildman–Crippen LogP) is 15.3. The maximum absolute atomic E-state index is 2.50. The number of hydrogen-bond donors (Lipinski definition) is 0. The van der Waals surface area contributed by atoms with Crippen LogP contribution < -0.4 is 0 Å². The molecule has 11 aromatic carbocycles. The van der Waals surface area contributed by atoms with Gasteiger partial charge in [0.15, 0.2) is 0 Å². The van der Waals surface area contributed by atoms with Crippen LogP contribution in [0, 0.1) is 0 Å². The van der Waals surface area contributed by atoms with Crippen molar-refractivity contribution in [3.63, 3.8) is 0 Å². The van der Waals surface area contributed by atoms with Gasteiger partial charge < -0.3 is 0 Å². The van der Waals surface area contributed by atoms with E-state index in [0.29, 0.717) is 0 Å². The van der Waals surface area contributed by atoms with Crippen molar-refractivity contribution in [1.82, 2.24) is 0 Å². The predicted molar refractivity (Wildman–Crippen MR) is 233 cm³/mol. The van der Waals surface area contributed by atoms with E-state index >= 15 is 0 Å². The molecule has 0 aliphatic heterocycles. The largest absolute Gasteiger partial charge is 0.0622 e. The summed E-state index contributed by atoms with van der Waals surface area (Å²) in [6.07, 6.45) is 0. The van der Waals surface area contributed by atoms with Crippen molar-refractivity contribution in [2.45, 2.75) is 0 Å². The third kappa shape index (κ3) is 4.92. The summed E-state index contributed by atoms with van der Waals surface area (Å²) >= 11 is 0. The molecule has 0 nitrogen and oxygen atoms in total. The molecule has 0 unspecified atom stereocenters. The smallest absolute Gasteiger partial charge is 0.00259 e. The molecule has 0 bridgehead atoms. The first-order valence-corrected chi connectivity index (χ1v) is 18.7. The number of benzene rings is 11. The van der Waals surface area contributed by atoms with E-state index in [1.165, 1.54) is 109 Å². The van der Waals surface area contributed by atoms with Crippen molar-refractivity contribution in [2.24, 2.45) is 0 Å². The molecule has 0 heterocycles. The second-order valence-electron chi connectivity index (χ2n) is 14.5. The molecule has 0 heteroatoms. The monoisotopic (exact) mass is 682 g/mol. The highest BCUT2D eigenvalue weighted by molar-refractivity contribution is 6.27. The minimum Gasteiger partial charge on any atom is -0.0622 e. The molecule has 250 valence electrons. The highest BCUT2D eigenvalue weighted by atomic mass is 14.2. The van der Waals surface area contributed by atoms with E-state index in [4.69, 9.17) is 0 Å². The minimum absolute atomic E-state index is 1.22. The van der Waals surface area contributed by atoms with E-state index in [-0.39, 0.29) is 0 Å². The van der Waals surface area contributed by atoms with Gasteiger partial charge in [0.2, 0.25) is 0 Å². The average Bonchev–Trinajstić information content (AvgIpc) is 3.24. The lowest BCUT2D eigenvalue weighted by Gasteiger charge is -2.21. The molecular formula is C54H34. The molecule has 0 atom stereocenters. The Morgan fingerprint density at radius 2 is 0.648 bits per heavy atom. The first-order chi connectivity index (χ1) is 26.8. The molecule has 11 rings (SSSR count). The van der Waals surface area contributed by atoms with Gasteiger partial charge in [-0.25, -0.2) is 0 Å².